The third kappa shape index (κ3) is 9.62. The van der Waals surface area contributed by atoms with E-state index in [9.17, 15) is 31.1 Å². The molecule has 4 atom stereocenters. The predicted molar refractivity (Wildman–Crippen MR) is 143 cm³/mol. The molecular weight excluding hydrogens is 540 g/mol. The van der Waals surface area contributed by atoms with Crippen LogP contribution in [-0.2, 0) is 12.4 Å². The van der Waals surface area contributed by atoms with Gasteiger partial charge in [-0.15, -0.1) is 0 Å². The summed E-state index contributed by atoms with van der Waals surface area (Å²) < 4.78 is 100. The second-order valence-corrected chi connectivity index (χ2v) is 10.2. The van der Waals surface area contributed by atoms with Gasteiger partial charge >= 0.3 is 31.2 Å². The minimum atomic E-state index is -5.17. The number of hydrogen-bond donors (Lipinski definition) is 0. The summed E-state index contributed by atoms with van der Waals surface area (Å²) in [7, 11) is -1.15. The molecule has 0 aliphatic rings. The number of carbonyl (C=O) groups is 1. The molecule has 2 rings (SSSR count). The molecule has 0 aromatic heterocycles. The van der Waals surface area contributed by atoms with E-state index in [-0.39, 0.29) is 54.0 Å². The van der Waals surface area contributed by atoms with Crippen molar-refractivity contribution in [1.82, 2.24) is 0 Å². The first-order valence-corrected chi connectivity index (χ1v) is 13.4. The molecule has 2 aromatic rings. The van der Waals surface area contributed by atoms with Crippen LogP contribution in [0.4, 0.5) is 26.3 Å². The van der Waals surface area contributed by atoms with E-state index in [4.69, 9.17) is 14.2 Å². The van der Waals surface area contributed by atoms with Crippen LogP contribution in [0.25, 0.3) is 0 Å². The molecule has 12 heteroatoms. The van der Waals surface area contributed by atoms with Gasteiger partial charge in [0.25, 0.3) is 0 Å². The molecule has 0 bridgehead atoms. The molecule has 0 aliphatic carbocycles. The Balaban J connectivity index is 0.00000760. The molecule has 0 amide bonds. The molecule has 4 unspecified atom stereocenters. The summed E-state index contributed by atoms with van der Waals surface area (Å²) >= 11 is 0. The number of hydrogen-bond acceptors (Lipinski definition) is 4. The van der Waals surface area contributed by atoms with Crippen molar-refractivity contribution in [2.45, 2.75) is 91.5 Å². The zero-order valence-corrected chi connectivity index (χ0v) is 23.1. The van der Waals surface area contributed by atoms with Crippen molar-refractivity contribution in [2.24, 2.45) is 0 Å². The van der Waals surface area contributed by atoms with Gasteiger partial charge in [-0.3, -0.25) is 4.79 Å². The summed E-state index contributed by atoms with van der Waals surface area (Å²) in [5.41, 5.74) is -6.04. The van der Waals surface area contributed by atoms with Crippen LogP contribution in [0.2, 0.25) is 0 Å². The van der Waals surface area contributed by atoms with Crippen molar-refractivity contribution < 1.29 is 45.3 Å². The average Bonchev–Trinajstić information content (AvgIpc) is 2.83. The maximum absolute atomic E-state index is 13.7. The van der Waals surface area contributed by atoms with Crippen LogP contribution in [0, 0.1) is 0 Å². The molecule has 2 aromatic carbocycles. The molecule has 0 aliphatic heterocycles. The van der Waals surface area contributed by atoms with Crippen LogP contribution < -0.4 is 19.5 Å². The van der Waals surface area contributed by atoms with Gasteiger partial charge in [0.2, 0.25) is 0 Å². The van der Waals surface area contributed by atoms with Gasteiger partial charge in [-0.1, -0.05) is 26.8 Å². The second kappa shape index (κ2) is 14.7. The van der Waals surface area contributed by atoms with Gasteiger partial charge in [-0.2, -0.15) is 26.3 Å². The molecule has 0 radical (unpaired) electrons. The summed E-state index contributed by atoms with van der Waals surface area (Å²) in [4.78, 5) is 13.3. The van der Waals surface area contributed by atoms with Crippen LogP contribution in [-0.4, -0.2) is 42.7 Å². The third-order valence-electron chi connectivity index (χ3n) is 5.90. The molecule has 39 heavy (non-hydrogen) atoms. The molecular formula is C27H34F6LiO4P. The van der Waals surface area contributed by atoms with Gasteiger partial charge < -0.3 is 14.2 Å². The van der Waals surface area contributed by atoms with Crippen molar-refractivity contribution in [2.75, 3.05) is 0 Å². The molecule has 0 spiro atoms. The fourth-order valence-electron chi connectivity index (χ4n) is 3.30. The van der Waals surface area contributed by atoms with Crippen LogP contribution in [0.1, 0.15) is 82.3 Å². The Kier molecular flexibility index (Phi) is 13.2. The summed E-state index contributed by atoms with van der Waals surface area (Å²) in [6, 6.07) is 4.59. The van der Waals surface area contributed by atoms with Gasteiger partial charge in [-0.25, -0.2) is 0 Å². The molecule has 0 N–H and O–H groups in total. The molecule has 214 valence electrons. The Morgan fingerprint density at radius 3 is 1.51 bits per heavy atom. The van der Waals surface area contributed by atoms with Gasteiger partial charge in [-0.05, 0) is 60.7 Å². The van der Waals surface area contributed by atoms with Crippen molar-refractivity contribution in [3.05, 3.63) is 47.0 Å². The third-order valence-corrected chi connectivity index (χ3v) is 7.12. The van der Waals surface area contributed by atoms with E-state index in [2.05, 4.69) is 0 Å². The maximum atomic E-state index is 13.7. The Bertz CT molecular complexity index is 1040. The zero-order valence-electron chi connectivity index (χ0n) is 22.1. The average molecular weight is 574 g/mol. The summed E-state index contributed by atoms with van der Waals surface area (Å²) in [5, 5.41) is 0.0807. The number of carbonyl (C=O) groups excluding carboxylic acids is 1. The fourth-order valence-corrected chi connectivity index (χ4v) is 4.43. The second-order valence-electron chi connectivity index (χ2n) is 8.98. The molecule has 0 heterocycles. The first-order valence-electron chi connectivity index (χ1n) is 12.4. The number of halogens is 6. The van der Waals surface area contributed by atoms with Crippen molar-refractivity contribution in [3.8, 4) is 17.2 Å². The molecule has 4 nitrogen and oxygen atoms in total. The number of alkyl halides is 6. The van der Waals surface area contributed by atoms with Crippen LogP contribution >= 0.6 is 8.58 Å². The van der Waals surface area contributed by atoms with E-state index in [0.29, 0.717) is 43.2 Å². The van der Waals surface area contributed by atoms with Crippen molar-refractivity contribution in [1.29, 1.82) is 0 Å². The minimum absolute atomic E-state index is 0. The number of rotatable bonds is 12. The normalized spacial score (nSPS) is 14.5. The molecule has 0 fully saturated rings. The first-order chi connectivity index (χ1) is 17.6. The number of benzene rings is 2. The topological polar surface area (TPSA) is 44.8 Å². The van der Waals surface area contributed by atoms with Crippen molar-refractivity contribution >= 4 is 38.3 Å². The SMILES string of the molecule is CCC(C)Oc1cc(OC(C)CC)c(PC(=O)c2c(C(F)(F)F)cccc2C(F)(F)F)c(OC(C)CC)c1.[LiH]. The first kappa shape index (κ1) is 35.1. The van der Waals surface area contributed by atoms with Crippen LogP contribution in [0.15, 0.2) is 30.3 Å². The predicted octanol–water partition coefficient (Wildman–Crippen LogP) is 7.75. The molecule has 0 saturated heterocycles. The fraction of sp³-hybridized carbons (Fsp3) is 0.519. The quantitative estimate of drug-likeness (QED) is 0.148. The van der Waals surface area contributed by atoms with Gasteiger partial charge in [0.15, 0.2) is 5.52 Å². The molecule has 0 saturated carbocycles. The standard InChI is InChI=1S/C27H33F6O4P.Li.H/c1-7-15(4)35-18-13-21(36-16(5)8-2)24(22(14-18)37-17(6)9-3)38-25(34)23-19(26(28,29)30)11-10-12-20(23)27(31,32)33;;/h10-17,38H,7-9H2,1-6H3;;. The van der Waals surface area contributed by atoms with Crippen molar-refractivity contribution in [3.63, 3.8) is 0 Å². The van der Waals surface area contributed by atoms with E-state index in [1.807, 2.05) is 27.7 Å². The Labute approximate surface area is 239 Å². The monoisotopic (exact) mass is 574 g/mol. The van der Waals surface area contributed by atoms with Crippen LogP contribution in [0.3, 0.4) is 0 Å². The van der Waals surface area contributed by atoms with E-state index < -0.39 is 43.1 Å². The van der Waals surface area contributed by atoms with E-state index in [1.54, 1.807) is 13.8 Å². The van der Waals surface area contributed by atoms with Gasteiger partial charge in [0.05, 0.1) is 34.7 Å². The Morgan fingerprint density at radius 2 is 1.15 bits per heavy atom. The van der Waals surface area contributed by atoms with E-state index in [1.165, 1.54) is 12.1 Å². The van der Waals surface area contributed by atoms with Crippen LogP contribution in [0.5, 0.6) is 17.2 Å². The van der Waals surface area contributed by atoms with Gasteiger partial charge in [0.1, 0.15) is 17.2 Å². The number of ether oxygens (including phenoxy) is 3. The summed E-state index contributed by atoms with van der Waals surface area (Å²) in [5.74, 6) is 0.579. The summed E-state index contributed by atoms with van der Waals surface area (Å²) in [6.45, 7) is 11.0. The summed E-state index contributed by atoms with van der Waals surface area (Å²) in [6.07, 6.45) is -9.46. The zero-order chi connectivity index (χ0) is 28.8. The van der Waals surface area contributed by atoms with E-state index >= 15 is 0 Å². The van der Waals surface area contributed by atoms with E-state index in [0.717, 1.165) is 0 Å². The van der Waals surface area contributed by atoms with Gasteiger partial charge in [0, 0.05) is 17.7 Å². The Morgan fingerprint density at radius 1 is 0.769 bits per heavy atom. The Hall–Kier alpha value is -1.88.